The third kappa shape index (κ3) is 2.33. The molecule has 1 fully saturated rings. The van der Waals surface area contributed by atoms with Gasteiger partial charge in [0.25, 0.3) is 0 Å². The molecule has 1 N–H and O–H groups in total. The van der Waals surface area contributed by atoms with Crippen molar-refractivity contribution in [2.24, 2.45) is 0 Å². The van der Waals surface area contributed by atoms with Crippen LogP contribution in [0.15, 0.2) is 36.4 Å². The molecule has 0 saturated heterocycles. The van der Waals surface area contributed by atoms with Gasteiger partial charge in [-0.25, -0.2) is 0 Å². The summed E-state index contributed by atoms with van der Waals surface area (Å²) in [6.07, 6.45) is 3.41. The van der Waals surface area contributed by atoms with Gasteiger partial charge in [-0.3, -0.25) is 0 Å². The predicted octanol–water partition coefficient (Wildman–Crippen LogP) is 4.75. The van der Waals surface area contributed by atoms with Crippen LogP contribution in [0.3, 0.4) is 0 Å². The van der Waals surface area contributed by atoms with Crippen LogP contribution < -0.4 is 0 Å². The van der Waals surface area contributed by atoms with E-state index in [2.05, 4.69) is 12.1 Å². The van der Waals surface area contributed by atoms with Crippen LogP contribution in [0, 0.1) is 0 Å². The normalized spacial score (nSPS) is 17.4. The van der Waals surface area contributed by atoms with Crippen LogP contribution in [0.4, 0.5) is 0 Å². The van der Waals surface area contributed by atoms with Crippen LogP contribution in [-0.2, 0) is 0 Å². The standard InChI is InChI=1S/C15H15ClOS/c16-14-9-8-13(18-14)15(17)12-6-4-11(5-7-12)10-2-1-3-10/h4-10,15,17H,1-3H2. The number of halogens is 1. The van der Waals surface area contributed by atoms with Crippen molar-refractivity contribution in [3.8, 4) is 0 Å². The molecule has 0 amide bonds. The molecule has 1 saturated carbocycles. The second kappa shape index (κ2) is 5.04. The Bertz CT molecular complexity index is 528. The number of rotatable bonds is 3. The zero-order valence-electron chi connectivity index (χ0n) is 9.97. The van der Waals surface area contributed by atoms with E-state index < -0.39 is 6.10 Å². The molecule has 1 aliphatic carbocycles. The molecule has 1 nitrogen and oxygen atoms in total. The summed E-state index contributed by atoms with van der Waals surface area (Å²) >= 11 is 7.32. The average molecular weight is 279 g/mol. The van der Waals surface area contributed by atoms with Gasteiger partial charge in [-0.2, -0.15) is 0 Å². The van der Waals surface area contributed by atoms with Gasteiger partial charge in [0.15, 0.2) is 0 Å². The minimum absolute atomic E-state index is 0.557. The first-order chi connectivity index (χ1) is 8.74. The zero-order valence-corrected chi connectivity index (χ0v) is 11.5. The number of benzene rings is 1. The zero-order chi connectivity index (χ0) is 12.5. The lowest BCUT2D eigenvalue weighted by molar-refractivity contribution is 0.224. The van der Waals surface area contributed by atoms with E-state index in [1.165, 1.54) is 36.2 Å². The molecule has 0 radical (unpaired) electrons. The maximum absolute atomic E-state index is 10.3. The lowest BCUT2D eigenvalue weighted by Crippen LogP contribution is -2.08. The summed E-state index contributed by atoms with van der Waals surface area (Å²) in [6.45, 7) is 0. The second-order valence-corrected chi connectivity index (χ2v) is 6.59. The van der Waals surface area contributed by atoms with Gasteiger partial charge >= 0.3 is 0 Å². The lowest BCUT2D eigenvalue weighted by Gasteiger charge is -2.26. The number of hydrogen-bond donors (Lipinski definition) is 1. The van der Waals surface area contributed by atoms with Gasteiger partial charge in [-0.05, 0) is 42.0 Å². The first-order valence-corrected chi connectivity index (χ1v) is 7.46. The highest BCUT2D eigenvalue weighted by molar-refractivity contribution is 7.16. The summed E-state index contributed by atoms with van der Waals surface area (Å²) in [5.41, 5.74) is 2.35. The molecule has 2 aromatic rings. The van der Waals surface area contributed by atoms with Gasteiger partial charge in [0.2, 0.25) is 0 Å². The fourth-order valence-electron chi connectivity index (χ4n) is 2.33. The van der Waals surface area contributed by atoms with E-state index in [0.29, 0.717) is 0 Å². The van der Waals surface area contributed by atoms with Crippen molar-refractivity contribution in [1.82, 2.24) is 0 Å². The maximum Gasteiger partial charge on any atom is 0.113 e. The molecular weight excluding hydrogens is 264 g/mol. The Morgan fingerprint density at radius 1 is 1.11 bits per heavy atom. The van der Waals surface area contributed by atoms with Crippen molar-refractivity contribution in [2.75, 3.05) is 0 Å². The van der Waals surface area contributed by atoms with Crippen molar-refractivity contribution in [3.63, 3.8) is 0 Å². The first kappa shape index (κ1) is 12.2. The summed E-state index contributed by atoms with van der Waals surface area (Å²) in [6, 6.07) is 12.1. The summed E-state index contributed by atoms with van der Waals surface area (Å²) in [5, 5.41) is 10.3. The highest BCUT2D eigenvalue weighted by Crippen LogP contribution is 2.37. The van der Waals surface area contributed by atoms with Gasteiger partial charge < -0.3 is 5.11 Å². The van der Waals surface area contributed by atoms with E-state index in [0.717, 1.165) is 20.7 Å². The van der Waals surface area contributed by atoms with Crippen LogP contribution in [0.25, 0.3) is 0 Å². The van der Waals surface area contributed by atoms with E-state index in [1.807, 2.05) is 24.3 Å². The van der Waals surface area contributed by atoms with Gasteiger partial charge in [0.05, 0.1) is 4.34 Å². The third-order valence-electron chi connectivity index (χ3n) is 3.69. The quantitative estimate of drug-likeness (QED) is 0.859. The minimum atomic E-state index is -0.557. The molecule has 1 aromatic carbocycles. The predicted molar refractivity (Wildman–Crippen MR) is 76.4 cm³/mol. The Hall–Kier alpha value is -0.830. The number of aliphatic hydroxyl groups excluding tert-OH is 1. The van der Waals surface area contributed by atoms with Crippen LogP contribution in [0.5, 0.6) is 0 Å². The molecule has 18 heavy (non-hydrogen) atoms. The fourth-order valence-corrected chi connectivity index (χ4v) is 3.41. The highest BCUT2D eigenvalue weighted by atomic mass is 35.5. The van der Waals surface area contributed by atoms with E-state index in [9.17, 15) is 5.11 Å². The Balaban J connectivity index is 1.79. The average Bonchev–Trinajstić information content (AvgIpc) is 2.74. The van der Waals surface area contributed by atoms with Crippen molar-refractivity contribution in [3.05, 3.63) is 56.7 Å². The number of thiophene rings is 1. The Morgan fingerprint density at radius 3 is 2.33 bits per heavy atom. The number of hydrogen-bond acceptors (Lipinski definition) is 2. The number of aliphatic hydroxyl groups is 1. The fraction of sp³-hybridized carbons (Fsp3) is 0.333. The van der Waals surface area contributed by atoms with Crippen LogP contribution in [0.1, 0.15) is 47.3 Å². The Kier molecular flexibility index (Phi) is 3.42. The monoisotopic (exact) mass is 278 g/mol. The maximum atomic E-state index is 10.3. The van der Waals surface area contributed by atoms with Gasteiger partial charge in [0, 0.05) is 4.88 Å². The second-order valence-electron chi connectivity index (χ2n) is 4.84. The minimum Gasteiger partial charge on any atom is -0.383 e. The molecule has 0 spiro atoms. The Morgan fingerprint density at radius 2 is 1.83 bits per heavy atom. The summed E-state index contributed by atoms with van der Waals surface area (Å²) in [7, 11) is 0. The van der Waals surface area contributed by atoms with Gasteiger partial charge in [0.1, 0.15) is 6.10 Å². The first-order valence-electron chi connectivity index (χ1n) is 6.27. The molecule has 1 aromatic heterocycles. The molecule has 0 bridgehead atoms. The molecular formula is C15H15ClOS. The molecule has 0 aliphatic heterocycles. The van der Waals surface area contributed by atoms with E-state index in [-0.39, 0.29) is 0 Å². The van der Waals surface area contributed by atoms with E-state index >= 15 is 0 Å². The van der Waals surface area contributed by atoms with Crippen molar-refractivity contribution < 1.29 is 5.11 Å². The van der Waals surface area contributed by atoms with Gasteiger partial charge in [-0.1, -0.05) is 42.3 Å². The van der Waals surface area contributed by atoms with E-state index in [1.54, 1.807) is 0 Å². The van der Waals surface area contributed by atoms with Crippen molar-refractivity contribution in [2.45, 2.75) is 31.3 Å². The largest absolute Gasteiger partial charge is 0.383 e. The third-order valence-corrected chi connectivity index (χ3v) is 4.98. The molecule has 1 unspecified atom stereocenters. The topological polar surface area (TPSA) is 20.2 Å². The van der Waals surface area contributed by atoms with E-state index in [4.69, 9.17) is 11.6 Å². The smallest absolute Gasteiger partial charge is 0.113 e. The molecule has 1 atom stereocenters. The van der Waals surface area contributed by atoms with Gasteiger partial charge in [-0.15, -0.1) is 11.3 Å². The van der Waals surface area contributed by atoms with Crippen LogP contribution in [0.2, 0.25) is 4.34 Å². The molecule has 1 aliphatic rings. The Labute approximate surface area is 116 Å². The summed E-state index contributed by atoms with van der Waals surface area (Å²) < 4.78 is 0.718. The molecule has 1 heterocycles. The molecule has 3 heteroatoms. The SMILES string of the molecule is OC(c1ccc(C2CCC2)cc1)c1ccc(Cl)s1. The molecule has 3 rings (SSSR count). The molecule has 94 valence electrons. The van der Waals surface area contributed by atoms with Crippen molar-refractivity contribution in [1.29, 1.82) is 0 Å². The van der Waals surface area contributed by atoms with Crippen LogP contribution >= 0.6 is 22.9 Å². The van der Waals surface area contributed by atoms with Crippen LogP contribution in [-0.4, -0.2) is 5.11 Å². The lowest BCUT2D eigenvalue weighted by atomic mass is 9.80. The summed E-state index contributed by atoms with van der Waals surface area (Å²) in [4.78, 5) is 0.899. The summed E-state index contributed by atoms with van der Waals surface area (Å²) in [5.74, 6) is 0.743. The van der Waals surface area contributed by atoms with Crippen molar-refractivity contribution >= 4 is 22.9 Å². The highest BCUT2D eigenvalue weighted by Gasteiger charge is 2.20.